The number of nitrogens with one attached hydrogen (secondary N) is 1. The predicted octanol–water partition coefficient (Wildman–Crippen LogP) is 2.26. The van der Waals surface area contributed by atoms with Gasteiger partial charge in [0, 0.05) is 19.2 Å². The summed E-state index contributed by atoms with van der Waals surface area (Å²) >= 11 is 0. The Balaban J connectivity index is 1.94. The Morgan fingerprint density at radius 3 is 2.65 bits per heavy atom. The van der Waals surface area contributed by atoms with E-state index in [0.29, 0.717) is 25.3 Å². The van der Waals surface area contributed by atoms with E-state index in [1.165, 1.54) is 0 Å². The minimum atomic E-state index is -0.432. The van der Waals surface area contributed by atoms with Crippen LogP contribution >= 0.6 is 0 Å². The first-order chi connectivity index (χ1) is 12.6. The third-order valence-corrected chi connectivity index (χ3v) is 3.76. The molecule has 138 valence electrons. The zero-order valence-corrected chi connectivity index (χ0v) is 15.3. The molecular weight excluding hydrogens is 328 g/mol. The molecule has 6 nitrogen and oxygen atoms in total. The van der Waals surface area contributed by atoms with Gasteiger partial charge in [-0.05, 0) is 36.8 Å². The Hall–Kier alpha value is -3.02. The van der Waals surface area contributed by atoms with Crippen LogP contribution in [0.2, 0.25) is 0 Å². The molecule has 0 radical (unpaired) electrons. The van der Waals surface area contributed by atoms with Crippen molar-refractivity contribution < 1.29 is 9.53 Å². The van der Waals surface area contributed by atoms with Crippen molar-refractivity contribution in [2.75, 3.05) is 26.7 Å². The largest absolute Gasteiger partial charge is 0.492 e. The van der Waals surface area contributed by atoms with Crippen LogP contribution in [0.25, 0.3) is 0 Å². The second kappa shape index (κ2) is 10.1. The molecule has 0 aliphatic rings. The van der Waals surface area contributed by atoms with Crippen molar-refractivity contribution in [1.29, 1.82) is 0 Å². The van der Waals surface area contributed by atoms with Crippen molar-refractivity contribution in [1.82, 2.24) is 10.2 Å². The molecule has 0 atom stereocenters. The molecule has 0 unspecified atom stereocenters. The van der Waals surface area contributed by atoms with Crippen LogP contribution in [0.3, 0.4) is 0 Å². The van der Waals surface area contributed by atoms with Gasteiger partial charge in [-0.25, -0.2) is 4.99 Å². The Kier molecular flexibility index (Phi) is 7.49. The van der Waals surface area contributed by atoms with Crippen molar-refractivity contribution >= 4 is 11.9 Å². The standard InChI is InChI=1S/C20H26N4O2/c1-3-22-20(23-15-16-8-7-9-17(14-16)19(21)25)24(2)12-13-26-18-10-5-4-6-11-18/h4-11,14H,3,12-13,15H2,1-2H3,(H2,21,25)(H,22,23). The quantitative estimate of drug-likeness (QED) is 0.563. The van der Waals surface area contributed by atoms with Gasteiger partial charge in [0.1, 0.15) is 12.4 Å². The molecule has 2 aromatic carbocycles. The molecule has 0 heterocycles. The number of likely N-dealkylation sites (N-methyl/N-ethyl adjacent to an activating group) is 1. The predicted molar refractivity (Wildman–Crippen MR) is 104 cm³/mol. The lowest BCUT2D eigenvalue weighted by atomic mass is 10.1. The number of carbonyl (C=O) groups is 1. The second-order valence-corrected chi connectivity index (χ2v) is 5.82. The number of para-hydroxylation sites is 1. The minimum Gasteiger partial charge on any atom is -0.492 e. The maximum atomic E-state index is 11.3. The summed E-state index contributed by atoms with van der Waals surface area (Å²) in [6, 6.07) is 16.9. The molecule has 2 rings (SSSR count). The molecule has 0 saturated carbocycles. The average molecular weight is 354 g/mol. The van der Waals surface area contributed by atoms with Crippen LogP contribution in [0.4, 0.5) is 0 Å². The minimum absolute atomic E-state index is 0.432. The number of hydrogen-bond acceptors (Lipinski definition) is 3. The van der Waals surface area contributed by atoms with Gasteiger partial charge in [0.25, 0.3) is 0 Å². The number of amides is 1. The number of hydrogen-bond donors (Lipinski definition) is 2. The van der Waals surface area contributed by atoms with Gasteiger partial charge >= 0.3 is 0 Å². The lowest BCUT2D eigenvalue weighted by Gasteiger charge is -2.22. The third kappa shape index (κ3) is 6.12. The Morgan fingerprint density at radius 2 is 1.96 bits per heavy atom. The normalized spacial score (nSPS) is 11.1. The van der Waals surface area contributed by atoms with E-state index < -0.39 is 5.91 Å². The monoisotopic (exact) mass is 354 g/mol. The van der Waals surface area contributed by atoms with Crippen LogP contribution in [0.15, 0.2) is 59.6 Å². The van der Waals surface area contributed by atoms with Gasteiger partial charge in [-0.2, -0.15) is 0 Å². The number of aliphatic imine (C=N–C) groups is 1. The highest BCUT2D eigenvalue weighted by molar-refractivity contribution is 5.92. The lowest BCUT2D eigenvalue weighted by molar-refractivity contribution is 0.1000. The van der Waals surface area contributed by atoms with Crippen molar-refractivity contribution in [2.45, 2.75) is 13.5 Å². The molecule has 0 saturated heterocycles. The van der Waals surface area contributed by atoms with E-state index in [0.717, 1.165) is 23.8 Å². The van der Waals surface area contributed by atoms with E-state index >= 15 is 0 Å². The number of nitrogens with zero attached hydrogens (tertiary/aromatic N) is 2. The summed E-state index contributed by atoms with van der Waals surface area (Å²) in [6.07, 6.45) is 0. The summed E-state index contributed by atoms with van der Waals surface area (Å²) in [7, 11) is 1.97. The molecule has 6 heteroatoms. The maximum Gasteiger partial charge on any atom is 0.248 e. The van der Waals surface area contributed by atoms with Crippen molar-refractivity contribution in [3.05, 3.63) is 65.7 Å². The number of benzene rings is 2. The van der Waals surface area contributed by atoms with Gasteiger partial charge < -0.3 is 20.7 Å². The number of rotatable bonds is 8. The molecule has 1 amide bonds. The molecular formula is C20H26N4O2. The topological polar surface area (TPSA) is 79.9 Å². The van der Waals surface area contributed by atoms with Crippen molar-refractivity contribution in [2.24, 2.45) is 10.7 Å². The highest BCUT2D eigenvalue weighted by Crippen LogP contribution is 2.08. The molecule has 26 heavy (non-hydrogen) atoms. The van der Waals surface area contributed by atoms with Crippen molar-refractivity contribution in [3.8, 4) is 5.75 Å². The SMILES string of the molecule is CCNC(=NCc1cccc(C(N)=O)c1)N(C)CCOc1ccccc1. The summed E-state index contributed by atoms with van der Waals surface area (Å²) < 4.78 is 5.73. The van der Waals surface area contributed by atoms with Crippen LogP contribution < -0.4 is 15.8 Å². The van der Waals surface area contributed by atoms with Gasteiger partial charge in [0.05, 0.1) is 13.1 Å². The summed E-state index contributed by atoms with van der Waals surface area (Å²) in [6.45, 7) is 4.51. The fourth-order valence-electron chi connectivity index (χ4n) is 2.38. The average Bonchev–Trinajstić information content (AvgIpc) is 2.66. The number of ether oxygens (including phenoxy) is 1. The van der Waals surface area contributed by atoms with Crippen molar-refractivity contribution in [3.63, 3.8) is 0 Å². The van der Waals surface area contributed by atoms with E-state index in [4.69, 9.17) is 10.5 Å². The fraction of sp³-hybridized carbons (Fsp3) is 0.300. The Labute approximate surface area is 154 Å². The smallest absolute Gasteiger partial charge is 0.248 e. The second-order valence-electron chi connectivity index (χ2n) is 5.82. The summed E-state index contributed by atoms with van der Waals surface area (Å²) in [4.78, 5) is 17.9. The van der Waals surface area contributed by atoms with Crippen LogP contribution in [0, 0.1) is 0 Å². The van der Waals surface area contributed by atoms with Crippen LogP contribution in [-0.4, -0.2) is 43.5 Å². The molecule has 0 aliphatic carbocycles. The Morgan fingerprint density at radius 1 is 1.19 bits per heavy atom. The van der Waals surface area contributed by atoms with Gasteiger partial charge in [0.15, 0.2) is 5.96 Å². The van der Waals surface area contributed by atoms with Gasteiger partial charge in [0.2, 0.25) is 5.91 Å². The third-order valence-electron chi connectivity index (χ3n) is 3.76. The van der Waals surface area contributed by atoms with Crippen LogP contribution in [-0.2, 0) is 6.54 Å². The first-order valence-electron chi connectivity index (χ1n) is 8.66. The van der Waals surface area contributed by atoms with E-state index in [2.05, 4.69) is 10.3 Å². The van der Waals surface area contributed by atoms with Crippen LogP contribution in [0.1, 0.15) is 22.8 Å². The molecule has 0 fully saturated rings. The zero-order chi connectivity index (χ0) is 18.8. The number of carbonyl (C=O) groups excluding carboxylic acids is 1. The van der Waals surface area contributed by atoms with Gasteiger partial charge in [-0.3, -0.25) is 4.79 Å². The first kappa shape index (κ1) is 19.3. The molecule has 0 aromatic heterocycles. The first-order valence-corrected chi connectivity index (χ1v) is 8.66. The molecule has 0 bridgehead atoms. The molecule has 2 aromatic rings. The highest BCUT2D eigenvalue weighted by Gasteiger charge is 2.06. The van der Waals surface area contributed by atoms with E-state index in [9.17, 15) is 4.79 Å². The lowest BCUT2D eigenvalue weighted by Crippen LogP contribution is -2.40. The maximum absolute atomic E-state index is 11.3. The highest BCUT2D eigenvalue weighted by atomic mass is 16.5. The van der Waals surface area contributed by atoms with Gasteiger partial charge in [-0.1, -0.05) is 30.3 Å². The van der Waals surface area contributed by atoms with Crippen LogP contribution in [0.5, 0.6) is 5.75 Å². The fourth-order valence-corrected chi connectivity index (χ4v) is 2.38. The van der Waals surface area contributed by atoms with Gasteiger partial charge in [-0.15, -0.1) is 0 Å². The summed E-state index contributed by atoms with van der Waals surface area (Å²) in [5.41, 5.74) is 6.76. The number of primary amides is 1. The zero-order valence-electron chi connectivity index (χ0n) is 15.3. The molecule has 3 N–H and O–H groups in total. The van der Waals surface area contributed by atoms with E-state index in [1.54, 1.807) is 12.1 Å². The van der Waals surface area contributed by atoms with E-state index in [1.807, 2.05) is 61.3 Å². The molecule has 0 spiro atoms. The molecule has 0 aliphatic heterocycles. The number of guanidine groups is 1. The van der Waals surface area contributed by atoms with E-state index in [-0.39, 0.29) is 0 Å². The summed E-state index contributed by atoms with van der Waals surface area (Å²) in [5, 5.41) is 3.27. The Bertz CT molecular complexity index is 732. The number of nitrogens with two attached hydrogens (primary N) is 1. The summed E-state index contributed by atoms with van der Waals surface area (Å²) in [5.74, 6) is 1.21.